The number of amides is 1. The van der Waals surface area contributed by atoms with Crippen molar-refractivity contribution in [1.29, 1.82) is 0 Å². The summed E-state index contributed by atoms with van der Waals surface area (Å²) in [5, 5.41) is 20.7. The smallest absolute Gasteiger partial charge is 0.423 e. The number of carbonyl (C=O) groups excluding carboxylic acids is 1. The van der Waals surface area contributed by atoms with Crippen molar-refractivity contribution < 1.29 is 29.1 Å². The van der Waals surface area contributed by atoms with Crippen LogP contribution in [0.15, 0.2) is 61.1 Å². The summed E-state index contributed by atoms with van der Waals surface area (Å²) in [5.41, 5.74) is 1.83. The number of aromatic nitrogens is 3. The lowest BCUT2D eigenvalue weighted by Gasteiger charge is -2.26. The van der Waals surface area contributed by atoms with Crippen LogP contribution in [0.4, 0.5) is 15.3 Å². The molecule has 35 heavy (non-hydrogen) atoms. The maximum absolute atomic E-state index is 12.6. The molecule has 0 saturated heterocycles. The number of benzene rings is 2. The zero-order valence-corrected chi connectivity index (χ0v) is 18.0. The molecule has 1 N–H and O–H groups in total. The molecule has 0 fully saturated rings. The molecular weight excluding hydrogens is 458 g/mol. The van der Waals surface area contributed by atoms with Gasteiger partial charge in [0, 0.05) is 35.8 Å². The van der Waals surface area contributed by atoms with Gasteiger partial charge in [-0.15, -0.1) is 0 Å². The third kappa shape index (κ3) is 4.31. The van der Waals surface area contributed by atoms with E-state index in [9.17, 15) is 24.8 Å². The molecule has 0 atom stereocenters. The maximum atomic E-state index is 12.6. The highest BCUT2D eigenvalue weighted by Gasteiger charge is 2.25. The maximum Gasteiger partial charge on any atom is 0.423 e. The predicted octanol–water partition coefficient (Wildman–Crippen LogP) is 4.22. The van der Waals surface area contributed by atoms with E-state index in [2.05, 4.69) is 9.97 Å². The van der Waals surface area contributed by atoms with Gasteiger partial charge in [0.25, 0.3) is 5.69 Å². The molecule has 176 valence electrons. The average molecular weight is 475 g/mol. The number of hydrogen-bond acceptors (Lipinski definition) is 8. The van der Waals surface area contributed by atoms with Gasteiger partial charge in [0.05, 0.1) is 22.7 Å². The Morgan fingerprint density at radius 2 is 1.83 bits per heavy atom. The second-order valence-electron chi connectivity index (χ2n) is 7.69. The Bertz CT molecular complexity index is 1470. The molecule has 5 rings (SSSR count). The van der Waals surface area contributed by atoms with E-state index in [1.165, 1.54) is 40.1 Å². The lowest BCUT2D eigenvalue weighted by atomic mass is 10.1. The molecule has 0 aliphatic carbocycles. The van der Waals surface area contributed by atoms with Gasteiger partial charge in [-0.2, -0.15) is 0 Å². The third-order valence-corrected chi connectivity index (χ3v) is 5.56. The molecule has 1 amide bonds. The van der Waals surface area contributed by atoms with Crippen molar-refractivity contribution in [1.82, 2.24) is 19.4 Å². The molecular formula is C23H17N5O7. The van der Waals surface area contributed by atoms with E-state index in [1.807, 2.05) is 0 Å². The van der Waals surface area contributed by atoms with E-state index in [0.717, 1.165) is 5.56 Å². The molecule has 0 saturated carbocycles. The van der Waals surface area contributed by atoms with Gasteiger partial charge in [0.1, 0.15) is 17.8 Å². The zero-order valence-electron chi connectivity index (χ0n) is 18.0. The first-order valence-corrected chi connectivity index (χ1v) is 10.5. The fourth-order valence-corrected chi connectivity index (χ4v) is 3.82. The highest BCUT2D eigenvalue weighted by atomic mass is 16.6. The van der Waals surface area contributed by atoms with Crippen LogP contribution < -0.4 is 9.47 Å². The van der Waals surface area contributed by atoms with Crippen LogP contribution in [-0.2, 0) is 13.0 Å². The number of rotatable bonds is 4. The van der Waals surface area contributed by atoms with Gasteiger partial charge in [0.15, 0.2) is 0 Å². The Kier molecular flexibility index (Phi) is 5.45. The van der Waals surface area contributed by atoms with Crippen molar-refractivity contribution in [3.05, 3.63) is 82.4 Å². The Morgan fingerprint density at radius 3 is 2.57 bits per heavy atom. The van der Waals surface area contributed by atoms with Crippen molar-refractivity contribution in [2.24, 2.45) is 0 Å². The molecule has 0 spiro atoms. The molecule has 4 aromatic rings. The molecule has 2 aromatic heterocycles. The molecule has 12 nitrogen and oxygen atoms in total. The average Bonchev–Trinajstić information content (AvgIpc) is 3.27. The standard InChI is InChI=1S/C23H17N5O7/c29-22(30)26-9-8-18-19(12-26)24-13-25-21(18)34-17-5-6-20-14(11-17)7-10-27(20)23(31)35-16-3-1-15(2-4-16)28(32)33/h1-7,10-11,13H,8-9,12H2,(H,29,30). The van der Waals surface area contributed by atoms with Crippen LogP contribution in [-0.4, -0.2) is 48.2 Å². The van der Waals surface area contributed by atoms with E-state index in [-0.39, 0.29) is 18.0 Å². The van der Waals surface area contributed by atoms with E-state index in [0.29, 0.717) is 41.2 Å². The molecule has 0 radical (unpaired) electrons. The van der Waals surface area contributed by atoms with Gasteiger partial charge in [0.2, 0.25) is 5.88 Å². The normalized spacial score (nSPS) is 12.7. The van der Waals surface area contributed by atoms with Gasteiger partial charge in [-0.3, -0.25) is 14.7 Å². The minimum Gasteiger partial charge on any atom is -0.465 e. The number of fused-ring (bicyclic) bond motifs is 2. The topological polar surface area (TPSA) is 150 Å². The van der Waals surface area contributed by atoms with Gasteiger partial charge in [-0.05, 0) is 42.8 Å². The minimum atomic E-state index is -1.00. The number of carbonyl (C=O) groups is 2. The van der Waals surface area contributed by atoms with Crippen LogP contribution in [0.3, 0.4) is 0 Å². The van der Waals surface area contributed by atoms with Crippen molar-refractivity contribution in [2.45, 2.75) is 13.0 Å². The van der Waals surface area contributed by atoms with E-state index >= 15 is 0 Å². The van der Waals surface area contributed by atoms with Crippen molar-refractivity contribution >= 4 is 28.8 Å². The third-order valence-electron chi connectivity index (χ3n) is 5.56. The largest absolute Gasteiger partial charge is 0.465 e. The molecule has 12 heteroatoms. The SMILES string of the molecule is O=C(O)N1CCc2c(ncnc2Oc2ccc3c(ccn3C(=O)Oc3ccc([N+](=O)[O-])cc3)c2)C1. The van der Waals surface area contributed by atoms with Crippen molar-refractivity contribution in [3.8, 4) is 17.4 Å². The molecule has 0 unspecified atom stereocenters. The minimum absolute atomic E-state index is 0.104. The highest BCUT2D eigenvalue weighted by Crippen LogP contribution is 2.30. The summed E-state index contributed by atoms with van der Waals surface area (Å²) >= 11 is 0. The first-order valence-electron chi connectivity index (χ1n) is 10.5. The van der Waals surface area contributed by atoms with Gasteiger partial charge in [-0.25, -0.2) is 19.6 Å². The summed E-state index contributed by atoms with van der Waals surface area (Å²) in [4.78, 5) is 43.8. The Morgan fingerprint density at radius 1 is 1.06 bits per heavy atom. The number of nitro benzene ring substituents is 1. The lowest BCUT2D eigenvalue weighted by molar-refractivity contribution is -0.384. The number of nitro groups is 1. The number of carboxylic acid groups (broad SMARTS) is 1. The van der Waals surface area contributed by atoms with Crippen LogP contribution >= 0.6 is 0 Å². The number of nitrogens with zero attached hydrogens (tertiary/aromatic N) is 5. The second kappa shape index (κ2) is 8.74. The fraction of sp³-hybridized carbons (Fsp3) is 0.130. The molecule has 0 bridgehead atoms. The van der Waals surface area contributed by atoms with E-state index < -0.39 is 17.1 Å². The van der Waals surface area contributed by atoms with Crippen LogP contribution in [0.25, 0.3) is 10.9 Å². The van der Waals surface area contributed by atoms with Gasteiger partial charge < -0.3 is 19.5 Å². The van der Waals surface area contributed by atoms with Crippen molar-refractivity contribution in [2.75, 3.05) is 6.54 Å². The number of hydrogen-bond donors (Lipinski definition) is 1. The molecule has 1 aliphatic rings. The molecule has 3 heterocycles. The van der Waals surface area contributed by atoms with E-state index in [4.69, 9.17) is 9.47 Å². The van der Waals surface area contributed by atoms with Gasteiger partial charge >= 0.3 is 12.2 Å². The Labute approximate surface area is 197 Å². The first kappa shape index (κ1) is 21.8. The molecule has 2 aromatic carbocycles. The van der Waals surface area contributed by atoms with Crippen LogP contribution in [0.5, 0.6) is 17.4 Å². The van der Waals surface area contributed by atoms with Crippen LogP contribution in [0, 0.1) is 10.1 Å². The summed E-state index contributed by atoms with van der Waals surface area (Å²) in [5.74, 6) is 1.02. The first-order chi connectivity index (χ1) is 16.9. The van der Waals surface area contributed by atoms with Crippen molar-refractivity contribution in [3.63, 3.8) is 0 Å². The van der Waals surface area contributed by atoms with Crippen LogP contribution in [0.1, 0.15) is 11.3 Å². The fourth-order valence-electron chi connectivity index (χ4n) is 3.82. The van der Waals surface area contributed by atoms with Gasteiger partial charge in [-0.1, -0.05) is 0 Å². The Hall–Kier alpha value is -5.00. The summed E-state index contributed by atoms with van der Waals surface area (Å²) in [7, 11) is 0. The second-order valence-corrected chi connectivity index (χ2v) is 7.69. The number of non-ortho nitro benzene ring substituents is 1. The monoisotopic (exact) mass is 475 g/mol. The number of ether oxygens (including phenoxy) is 2. The molecule has 1 aliphatic heterocycles. The Balaban J connectivity index is 1.34. The lowest BCUT2D eigenvalue weighted by Crippen LogP contribution is -2.35. The summed E-state index contributed by atoms with van der Waals surface area (Å²) < 4.78 is 12.6. The zero-order chi connectivity index (χ0) is 24.5. The predicted molar refractivity (Wildman–Crippen MR) is 121 cm³/mol. The highest BCUT2D eigenvalue weighted by molar-refractivity contribution is 5.91. The quantitative estimate of drug-likeness (QED) is 0.338. The van der Waals surface area contributed by atoms with E-state index in [1.54, 1.807) is 30.5 Å². The summed E-state index contributed by atoms with van der Waals surface area (Å²) in [6.45, 7) is 0.493. The summed E-state index contributed by atoms with van der Waals surface area (Å²) in [6.07, 6.45) is 1.65. The van der Waals surface area contributed by atoms with Crippen LogP contribution in [0.2, 0.25) is 0 Å². The summed E-state index contributed by atoms with van der Waals surface area (Å²) in [6, 6.07) is 12.1.